The van der Waals surface area contributed by atoms with E-state index in [1.807, 2.05) is 0 Å². The predicted molar refractivity (Wildman–Crippen MR) is 66.5 cm³/mol. The first-order valence-corrected chi connectivity index (χ1v) is 7.64. The second-order valence-electron chi connectivity index (χ2n) is 3.18. The van der Waals surface area contributed by atoms with E-state index >= 15 is 0 Å². The van der Waals surface area contributed by atoms with Crippen LogP contribution in [0.1, 0.15) is 0 Å². The molecule has 1 rings (SSSR count). The van der Waals surface area contributed by atoms with Gasteiger partial charge in [-0.25, -0.2) is 8.42 Å². The number of sulfonamides is 1. The summed E-state index contributed by atoms with van der Waals surface area (Å²) in [7, 11) is -3.54. The molecule has 0 saturated heterocycles. The minimum Gasteiger partial charge on any atom is -0.284 e. The number of rotatable bonds is 5. The maximum Gasteiger partial charge on any atom is 0.446 e. The molecule has 0 aliphatic heterocycles. The Balaban J connectivity index is 2.72. The van der Waals surface area contributed by atoms with Crippen molar-refractivity contribution in [1.29, 1.82) is 0 Å². The zero-order valence-corrected chi connectivity index (χ0v) is 11.3. The molecule has 1 N–H and O–H groups in total. The second-order valence-corrected chi connectivity index (χ2v) is 6.54. The Hall–Kier alpha value is -0.600. The van der Waals surface area contributed by atoms with Gasteiger partial charge in [0.15, 0.2) is 0 Å². The molecule has 18 heavy (non-hydrogen) atoms. The molecule has 0 aliphatic rings. The first-order valence-electron chi connectivity index (χ1n) is 4.64. The molecule has 0 aliphatic carbocycles. The van der Waals surface area contributed by atoms with Gasteiger partial charge in [0.2, 0.25) is 10.0 Å². The van der Waals surface area contributed by atoms with Gasteiger partial charge >= 0.3 is 5.51 Å². The van der Waals surface area contributed by atoms with Crippen molar-refractivity contribution in [2.45, 2.75) is 10.4 Å². The smallest absolute Gasteiger partial charge is 0.284 e. The zero-order valence-electron chi connectivity index (χ0n) is 8.87. The summed E-state index contributed by atoms with van der Waals surface area (Å²) >= 11 is 5.04. The fraction of sp³-hybridized carbons (Fsp3) is 0.333. The van der Waals surface area contributed by atoms with Gasteiger partial charge in [0.1, 0.15) is 0 Å². The average molecular weight is 320 g/mol. The molecular formula is C9H9ClF3NO2S2. The SMILES string of the molecule is O=S(=O)(CCCl)Nc1ccc(SC(F)(F)F)cc1. The number of anilines is 1. The minimum atomic E-state index is -4.36. The van der Waals surface area contributed by atoms with E-state index in [0.717, 1.165) is 0 Å². The number of halogens is 4. The maximum atomic E-state index is 12.1. The molecule has 0 spiro atoms. The quantitative estimate of drug-likeness (QED) is 0.669. The van der Waals surface area contributed by atoms with Crippen LogP contribution < -0.4 is 4.72 Å². The van der Waals surface area contributed by atoms with Crippen LogP contribution in [-0.4, -0.2) is 25.6 Å². The van der Waals surface area contributed by atoms with E-state index in [1.165, 1.54) is 24.3 Å². The van der Waals surface area contributed by atoms with Gasteiger partial charge in [0.05, 0.1) is 5.75 Å². The monoisotopic (exact) mass is 319 g/mol. The Kier molecular flexibility index (Phi) is 5.18. The molecule has 0 fully saturated rings. The van der Waals surface area contributed by atoms with Gasteiger partial charge in [-0.2, -0.15) is 13.2 Å². The highest BCUT2D eigenvalue weighted by molar-refractivity contribution is 8.00. The van der Waals surface area contributed by atoms with E-state index in [9.17, 15) is 21.6 Å². The Morgan fingerprint density at radius 3 is 2.22 bits per heavy atom. The summed E-state index contributed by atoms with van der Waals surface area (Å²) in [5.41, 5.74) is -4.16. The van der Waals surface area contributed by atoms with Crippen LogP contribution in [0.4, 0.5) is 18.9 Å². The zero-order chi connectivity index (χ0) is 13.8. The fourth-order valence-corrected chi connectivity index (χ4v) is 3.01. The summed E-state index contributed by atoms with van der Waals surface area (Å²) in [6, 6.07) is 4.91. The average Bonchev–Trinajstić information content (AvgIpc) is 2.18. The standard InChI is InChI=1S/C9H9ClF3NO2S2/c10-5-6-18(15,16)14-7-1-3-8(4-2-7)17-9(11,12)13/h1-4,14H,5-6H2. The Labute approximate surface area is 112 Å². The molecule has 9 heteroatoms. The van der Waals surface area contributed by atoms with Crippen molar-refractivity contribution >= 4 is 39.1 Å². The topological polar surface area (TPSA) is 46.2 Å². The number of alkyl halides is 4. The van der Waals surface area contributed by atoms with Crippen molar-refractivity contribution in [1.82, 2.24) is 0 Å². The number of hydrogen-bond donors (Lipinski definition) is 1. The minimum absolute atomic E-state index is 0.0113. The van der Waals surface area contributed by atoms with Crippen LogP contribution in [-0.2, 0) is 10.0 Å². The summed E-state index contributed by atoms with van der Waals surface area (Å²) in [5, 5.41) is 0. The van der Waals surface area contributed by atoms with E-state index in [0.29, 0.717) is 0 Å². The number of hydrogen-bond acceptors (Lipinski definition) is 3. The summed E-state index contributed by atoms with van der Waals surface area (Å²) < 4.78 is 61.0. The predicted octanol–water partition coefficient (Wildman–Crippen LogP) is 3.28. The van der Waals surface area contributed by atoms with Crippen molar-refractivity contribution in [3.63, 3.8) is 0 Å². The molecule has 0 radical (unpaired) electrons. The molecule has 0 unspecified atom stereocenters. The number of thioether (sulfide) groups is 1. The summed E-state index contributed by atoms with van der Waals surface area (Å²) in [6.45, 7) is 0. The van der Waals surface area contributed by atoms with E-state index in [1.54, 1.807) is 0 Å². The second kappa shape index (κ2) is 6.03. The van der Waals surface area contributed by atoms with Gasteiger partial charge in [-0.1, -0.05) is 0 Å². The summed E-state index contributed by atoms with van der Waals surface area (Å²) in [6.07, 6.45) is 0. The van der Waals surface area contributed by atoms with Gasteiger partial charge in [-0.05, 0) is 36.0 Å². The molecule has 0 bridgehead atoms. The van der Waals surface area contributed by atoms with Gasteiger partial charge in [-0.15, -0.1) is 11.6 Å². The van der Waals surface area contributed by atoms with Crippen molar-refractivity contribution in [3.8, 4) is 0 Å². The molecule has 0 saturated carbocycles. The van der Waals surface area contributed by atoms with Crippen LogP contribution in [0.15, 0.2) is 29.2 Å². The third-order valence-electron chi connectivity index (χ3n) is 1.71. The van der Waals surface area contributed by atoms with Crippen molar-refractivity contribution < 1.29 is 21.6 Å². The van der Waals surface area contributed by atoms with E-state index in [-0.39, 0.29) is 34.0 Å². The van der Waals surface area contributed by atoms with Crippen LogP contribution >= 0.6 is 23.4 Å². The van der Waals surface area contributed by atoms with Gasteiger partial charge in [0, 0.05) is 16.5 Å². The fourth-order valence-electron chi connectivity index (χ4n) is 1.06. The molecule has 102 valence electrons. The van der Waals surface area contributed by atoms with E-state index in [4.69, 9.17) is 11.6 Å². The largest absolute Gasteiger partial charge is 0.446 e. The molecule has 1 aromatic carbocycles. The lowest BCUT2D eigenvalue weighted by Gasteiger charge is -2.08. The van der Waals surface area contributed by atoms with Crippen molar-refractivity contribution in [2.75, 3.05) is 16.4 Å². The van der Waals surface area contributed by atoms with Crippen LogP contribution in [0.3, 0.4) is 0 Å². The summed E-state index contributed by atoms with van der Waals surface area (Å²) in [5.74, 6) is -0.315. The molecule has 0 amide bonds. The molecule has 0 atom stereocenters. The van der Waals surface area contributed by atoms with Crippen molar-refractivity contribution in [2.24, 2.45) is 0 Å². The number of benzene rings is 1. The van der Waals surface area contributed by atoms with Crippen LogP contribution in [0.25, 0.3) is 0 Å². The maximum absolute atomic E-state index is 12.1. The molecule has 0 heterocycles. The van der Waals surface area contributed by atoms with Crippen LogP contribution in [0, 0.1) is 0 Å². The molecule has 3 nitrogen and oxygen atoms in total. The van der Waals surface area contributed by atoms with E-state index in [2.05, 4.69) is 4.72 Å². The number of nitrogens with one attached hydrogen (secondary N) is 1. The molecule has 0 aromatic heterocycles. The highest BCUT2D eigenvalue weighted by Gasteiger charge is 2.29. The lowest BCUT2D eigenvalue weighted by atomic mass is 10.3. The van der Waals surface area contributed by atoms with Crippen LogP contribution in [0.5, 0.6) is 0 Å². The summed E-state index contributed by atoms with van der Waals surface area (Å²) in [4.78, 5) is -0.0113. The van der Waals surface area contributed by atoms with Crippen LogP contribution in [0.2, 0.25) is 0 Å². The molecule has 1 aromatic rings. The Morgan fingerprint density at radius 1 is 1.22 bits per heavy atom. The first kappa shape index (κ1) is 15.5. The third kappa shape index (κ3) is 5.83. The highest BCUT2D eigenvalue weighted by Crippen LogP contribution is 2.37. The highest BCUT2D eigenvalue weighted by atomic mass is 35.5. The van der Waals surface area contributed by atoms with Gasteiger partial charge in [0.25, 0.3) is 0 Å². The first-order chi connectivity index (χ1) is 8.22. The lowest BCUT2D eigenvalue weighted by Crippen LogP contribution is -2.17. The Morgan fingerprint density at radius 2 is 1.78 bits per heavy atom. The molecular weight excluding hydrogens is 311 g/mol. The Bertz CT molecular complexity index is 488. The van der Waals surface area contributed by atoms with E-state index < -0.39 is 15.5 Å². The lowest BCUT2D eigenvalue weighted by molar-refractivity contribution is -0.0328. The van der Waals surface area contributed by atoms with Crippen molar-refractivity contribution in [3.05, 3.63) is 24.3 Å². The van der Waals surface area contributed by atoms with Gasteiger partial charge in [-0.3, -0.25) is 4.72 Å². The normalized spacial score (nSPS) is 12.4. The van der Waals surface area contributed by atoms with Gasteiger partial charge < -0.3 is 0 Å². The third-order valence-corrected chi connectivity index (χ3v) is 4.15.